The number of aromatic nitrogens is 4. The molecule has 0 spiro atoms. The maximum absolute atomic E-state index is 11.5. The number of aromatic amines is 1. The molecule has 1 aliphatic rings. The summed E-state index contributed by atoms with van der Waals surface area (Å²) in [6.07, 6.45) is 2.83. The number of carbonyl (C=O) groups excluding carboxylic acids is 1. The van der Waals surface area contributed by atoms with Crippen LogP contribution in [0.5, 0.6) is 0 Å². The van der Waals surface area contributed by atoms with Crippen LogP contribution in [0.2, 0.25) is 5.02 Å². The van der Waals surface area contributed by atoms with Gasteiger partial charge in [0.2, 0.25) is 5.91 Å². The predicted molar refractivity (Wildman–Crippen MR) is 128 cm³/mol. The Morgan fingerprint density at radius 2 is 2.03 bits per heavy atom. The Morgan fingerprint density at radius 1 is 1.24 bits per heavy atom. The predicted octanol–water partition coefficient (Wildman–Crippen LogP) is 3.97. The third kappa shape index (κ3) is 4.53. The molecule has 1 amide bonds. The average molecular weight is 481 g/mol. The fraction of sp³-hybridized carbons (Fsp3) is 0.217. The van der Waals surface area contributed by atoms with E-state index in [0.29, 0.717) is 29.8 Å². The first kappa shape index (κ1) is 21.7. The zero-order valence-electron chi connectivity index (χ0n) is 17.7. The Bertz CT molecular complexity index is 1270. The summed E-state index contributed by atoms with van der Waals surface area (Å²) in [6, 6.07) is 13.6. The lowest BCUT2D eigenvalue weighted by molar-refractivity contribution is -0.114. The summed E-state index contributed by atoms with van der Waals surface area (Å²) >= 11 is 7.74. The summed E-state index contributed by atoms with van der Waals surface area (Å²) in [5, 5.41) is 20.5. The number of aliphatic hydroxyl groups excluding tert-OH is 1. The van der Waals surface area contributed by atoms with Crippen molar-refractivity contribution in [3.05, 3.63) is 71.1 Å². The number of rotatable bonds is 6. The molecule has 1 unspecified atom stereocenters. The highest BCUT2D eigenvalue weighted by molar-refractivity contribution is 7.19. The third-order valence-corrected chi connectivity index (χ3v) is 6.93. The number of hydrogen-bond acceptors (Lipinski definition) is 7. The third-order valence-electron chi connectivity index (χ3n) is 5.48. The van der Waals surface area contributed by atoms with E-state index in [-0.39, 0.29) is 18.1 Å². The summed E-state index contributed by atoms with van der Waals surface area (Å²) in [5.74, 6) is 1.00. The van der Waals surface area contributed by atoms with Crippen LogP contribution < -0.4 is 5.32 Å². The smallest absolute Gasteiger partial charge is 0.222 e. The molecule has 1 atom stereocenters. The number of benzene rings is 1. The van der Waals surface area contributed by atoms with Crippen LogP contribution in [0.3, 0.4) is 0 Å². The molecule has 1 fully saturated rings. The van der Waals surface area contributed by atoms with Gasteiger partial charge in [-0.05, 0) is 47.0 Å². The van der Waals surface area contributed by atoms with Gasteiger partial charge in [-0.2, -0.15) is 5.10 Å². The second-order valence-corrected chi connectivity index (χ2v) is 9.39. The molecule has 1 aromatic carbocycles. The van der Waals surface area contributed by atoms with Crippen LogP contribution in [0, 0.1) is 0 Å². The van der Waals surface area contributed by atoms with E-state index in [4.69, 9.17) is 11.6 Å². The Kier molecular flexibility index (Phi) is 5.94. The summed E-state index contributed by atoms with van der Waals surface area (Å²) in [7, 11) is 0. The SMILES string of the molecule is CC(=O)Nc1cc(-c2cc(C(c3ccc(Cl)cc3)N3CC(O)C3)c(-c3ncn[nH]3)s2)ccn1. The van der Waals surface area contributed by atoms with Gasteiger partial charge in [-0.25, -0.2) is 9.97 Å². The lowest BCUT2D eigenvalue weighted by atomic mass is 9.93. The molecular formula is C23H21ClN6O2S. The quantitative estimate of drug-likeness (QED) is 0.385. The van der Waals surface area contributed by atoms with Crippen molar-refractivity contribution in [3.8, 4) is 21.1 Å². The molecule has 0 aliphatic carbocycles. The second-order valence-electron chi connectivity index (χ2n) is 7.90. The van der Waals surface area contributed by atoms with Crippen LogP contribution in [-0.2, 0) is 4.79 Å². The van der Waals surface area contributed by atoms with E-state index in [1.54, 1.807) is 17.5 Å². The number of pyridine rings is 1. The van der Waals surface area contributed by atoms with Crippen molar-refractivity contribution in [2.75, 3.05) is 18.4 Å². The topological polar surface area (TPSA) is 107 Å². The first-order valence-corrected chi connectivity index (χ1v) is 11.6. The number of halogens is 1. The molecular weight excluding hydrogens is 460 g/mol. The Labute approximate surface area is 199 Å². The van der Waals surface area contributed by atoms with E-state index in [0.717, 1.165) is 26.4 Å². The fourth-order valence-electron chi connectivity index (χ4n) is 4.01. The Morgan fingerprint density at radius 3 is 2.70 bits per heavy atom. The molecule has 1 aliphatic heterocycles. The van der Waals surface area contributed by atoms with E-state index < -0.39 is 0 Å². The number of anilines is 1. The van der Waals surface area contributed by atoms with Gasteiger partial charge in [-0.15, -0.1) is 11.3 Å². The highest BCUT2D eigenvalue weighted by atomic mass is 35.5. The van der Waals surface area contributed by atoms with Gasteiger partial charge in [0.1, 0.15) is 12.1 Å². The normalized spacial score (nSPS) is 15.2. The van der Waals surface area contributed by atoms with Gasteiger partial charge < -0.3 is 10.4 Å². The molecule has 4 aromatic rings. The first-order valence-electron chi connectivity index (χ1n) is 10.4. The highest BCUT2D eigenvalue weighted by Gasteiger charge is 2.35. The zero-order chi connectivity index (χ0) is 22.9. The van der Waals surface area contributed by atoms with Gasteiger partial charge in [0.05, 0.1) is 17.0 Å². The van der Waals surface area contributed by atoms with Crippen LogP contribution in [-0.4, -0.2) is 55.3 Å². The molecule has 3 aromatic heterocycles. The second kappa shape index (κ2) is 9.03. The molecule has 0 radical (unpaired) electrons. The minimum Gasteiger partial charge on any atom is -0.390 e. The van der Waals surface area contributed by atoms with Gasteiger partial charge in [0, 0.05) is 36.1 Å². The van der Waals surface area contributed by atoms with Gasteiger partial charge in [0.25, 0.3) is 0 Å². The number of amides is 1. The molecule has 1 saturated heterocycles. The van der Waals surface area contributed by atoms with E-state index in [9.17, 15) is 9.90 Å². The summed E-state index contributed by atoms with van der Waals surface area (Å²) in [4.78, 5) is 24.3. The van der Waals surface area contributed by atoms with Crippen LogP contribution in [0.15, 0.2) is 55.0 Å². The maximum atomic E-state index is 11.5. The molecule has 5 rings (SSSR count). The number of nitrogens with zero attached hydrogens (tertiary/aromatic N) is 4. The number of likely N-dealkylation sites (tertiary alicyclic amines) is 1. The van der Waals surface area contributed by atoms with E-state index in [2.05, 4.69) is 36.4 Å². The molecule has 4 heterocycles. The lowest BCUT2D eigenvalue weighted by Gasteiger charge is -2.42. The van der Waals surface area contributed by atoms with Gasteiger partial charge >= 0.3 is 0 Å². The average Bonchev–Trinajstić information content (AvgIpc) is 3.44. The molecule has 3 N–H and O–H groups in total. The molecule has 0 saturated carbocycles. The fourth-order valence-corrected chi connectivity index (χ4v) is 5.27. The van der Waals surface area contributed by atoms with Crippen molar-refractivity contribution in [2.45, 2.75) is 19.1 Å². The van der Waals surface area contributed by atoms with Crippen molar-refractivity contribution in [3.63, 3.8) is 0 Å². The van der Waals surface area contributed by atoms with Crippen molar-refractivity contribution >= 4 is 34.7 Å². The molecule has 168 valence electrons. The lowest BCUT2D eigenvalue weighted by Crippen LogP contribution is -2.52. The van der Waals surface area contributed by atoms with Crippen molar-refractivity contribution in [1.29, 1.82) is 0 Å². The van der Waals surface area contributed by atoms with Gasteiger partial charge in [-0.1, -0.05) is 23.7 Å². The number of aliphatic hydroxyl groups is 1. The van der Waals surface area contributed by atoms with E-state index >= 15 is 0 Å². The van der Waals surface area contributed by atoms with Crippen LogP contribution in [0.4, 0.5) is 5.82 Å². The Hall–Kier alpha value is -3.11. The molecule has 10 heteroatoms. The van der Waals surface area contributed by atoms with Crippen molar-refractivity contribution < 1.29 is 9.90 Å². The number of β-amino-alcohol motifs (C(OH)–C–C–N with tert-alkyl or cyclic N) is 1. The number of nitrogens with one attached hydrogen (secondary N) is 2. The summed E-state index contributed by atoms with van der Waals surface area (Å²) in [5.41, 5.74) is 3.06. The molecule has 33 heavy (non-hydrogen) atoms. The summed E-state index contributed by atoms with van der Waals surface area (Å²) < 4.78 is 0. The maximum Gasteiger partial charge on any atom is 0.222 e. The highest BCUT2D eigenvalue weighted by Crippen LogP contribution is 2.44. The van der Waals surface area contributed by atoms with Crippen molar-refractivity contribution in [1.82, 2.24) is 25.1 Å². The zero-order valence-corrected chi connectivity index (χ0v) is 19.3. The standard InChI is InChI=1S/C23H21ClN6O2S/c1-13(31)28-20-8-15(6-7-25-20)19-9-18(22(33-19)23-26-12-27-29-23)21(30-10-17(32)11-30)14-2-4-16(24)5-3-14/h2-9,12,17,21,32H,10-11H2,1H3,(H,25,28,31)(H,26,27,29). The van der Waals surface area contributed by atoms with Gasteiger partial charge in [0.15, 0.2) is 5.82 Å². The summed E-state index contributed by atoms with van der Waals surface area (Å²) in [6.45, 7) is 2.62. The van der Waals surface area contributed by atoms with Crippen LogP contribution >= 0.6 is 22.9 Å². The van der Waals surface area contributed by atoms with E-state index in [1.165, 1.54) is 13.3 Å². The molecule has 0 bridgehead atoms. The number of thiophene rings is 1. The largest absolute Gasteiger partial charge is 0.390 e. The minimum absolute atomic E-state index is 0.0904. The Balaban J connectivity index is 1.63. The monoisotopic (exact) mass is 480 g/mol. The van der Waals surface area contributed by atoms with Crippen LogP contribution in [0.25, 0.3) is 21.1 Å². The van der Waals surface area contributed by atoms with Gasteiger partial charge in [-0.3, -0.25) is 14.8 Å². The minimum atomic E-state index is -0.341. The number of H-pyrrole nitrogens is 1. The number of hydrogen-bond donors (Lipinski definition) is 3. The van der Waals surface area contributed by atoms with Crippen molar-refractivity contribution in [2.24, 2.45) is 0 Å². The number of carbonyl (C=O) groups is 1. The van der Waals surface area contributed by atoms with Crippen LogP contribution in [0.1, 0.15) is 24.1 Å². The first-order chi connectivity index (χ1) is 16.0. The molecule has 8 nitrogen and oxygen atoms in total. The van der Waals surface area contributed by atoms with E-state index in [1.807, 2.05) is 36.4 Å².